The second-order valence-corrected chi connectivity index (χ2v) is 6.37. The molecule has 0 aliphatic rings. The second kappa shape index (κ2) is 10.9. The van der Waals surface area contributed by atoms with Crippen LogP contribution in [0.4, 0.5) is 0 Å². The highest BCUT2D eigenvalue weighted by molar-refractivity contribution is 5.83. The molecule has 0 unspecified atom stereocenters. The summed E-state index contributed by atoms with van der Waals surface area (Å²) in [5.41, 5.74) is 1.67. The summed E-state index contributed by atoms with van der Waals surface area (Å²) < 4.78 is 10.4. The van der Waals surface area contributed by atoms with Gasteiger partial charge in [0.2, 0.25) is 0 Å². The lowest BCUT2D eigenvalue weighted by Gasteiger charge is -2.18. The first-order valence-electron chi connectivity index (χ1n) is 9.23. The minimum Gasteiger partial charge on any atom is -0.482 e. The minimum atomic E-state index is -0.915. The van der Waals surface area contributed by atoms with E-state index in [1.807, 2.05) is 30.3 Å². The maximum absolute atomic E-state index is 12.2. The fraction of sp³-hybridized carbons (Fsp3) is 0.318. The highest BCUT2D eigenvalue weighted by Gasteiger charge is 2.19. The van der Waals surface area contributed by atoms with Gasteiger partial charge >= 0.3 is 5.97 Å². The van der Waals surface area contributed by atoms with Crippen molar-refractivity contribution in [1.82, 2.24) is 5.32 Å². The molecule has 1 N–H and O–H groups in total. The largest absolute Gasteiger partial charge is 0.482 e. The Balaban J connectivity index is 1.75. The third kappa shape index (κ3) is 6.54. The third-order valence-corrected chi connectivity index (χ3v) is 4.34. The van der Waals surface area contributed by atoms with E-state index in [4.69, 9.17) is 9.47 Å². The van der Waals surface area contributed by atoms with Crippen molar-refractivity contribution in [3.63, 3.8) is 0 Å². The lowest BCUT2D eigenvalue weighted by Crippen LogP contribution is -2.38. The summed E-state index contributed by atoms with van der Waals surface area (Å²) in [5, 5.41) is 2.83. The molecule has 148 valence electrons. The van der Waals surface area contributed by atoms with Gasteiger partial charge in [-0.1, -0.05) is 37.3 Å². The zero-order valence-corrected chi connectivity index (χ0v) is 16.1. The molecule has 2 aromatic rings. The van der Waals surface area contributed by atoms with Gasteiger partial charge in [0.1, 0.15) is 12.0 Å². The zero-order valence-electron chi connectivity index (χ0n) is 16.1. The number of benzene rings is 2. The molecule has 0 aliphatic carbocycles. The van der Waals surface area contributed by atoms with Crippen LogP contribution in [0.2, 0.25) is 0 Å². The average Bonchev–Trinajstić information content (AvgIpc) is 2.73. The zero-order chi connectivity index (χ0) is 20.4. The number of carbonyl (C=O) groups excluding carboxylic acids is 3. The number of esters is 1. The average molecular weight is 383 g/mol. The van der Waals surface area contributed by atoms with Crippen LogP contribution in [0.5, 0.6) is 5.75 Å². The van der Waals surface area contributed by atoms with Crippen LogP contribution in [0.15, 0.2) is 54.6 Å². The molecule has 0 fully saturated rings. The normalized spacial score (nSPS) is 12.5. The first-order chi connectivity index (χ1) is 13.5. The van der Waals surface area contributed by atoms with Gasteiger partial charge in [-0.25, -0.2) is 4.79 Å². The quantitative estimate of drug-likeness (QED) is 0.504. The Morgan fingerprint density at radius 1 is 1.07 bits per heavy atom. The van der Waals surface area contributed by atoms with Crippen molar-refractivity contribution >= 4 is 18.2 Å². The molecule has 0 saturated heterocycles. The van der Waals surface area contributed by atoms with Gasteiger partial charge in [0.05, 0.1) is 0 Å². The smallest absolute Gasteiger partial charge is 0.344 e. The van der Waals surface area contributed by atoms with Gasteiger partial charge in [-0.2, -0.15) is 0 Å². The Morgan fingerprint density at radius 3 is 2.36 bits per heavy atom. The summed E-state index contributed by atoms with van der Waals surface area (Å²) in [6.45, 7) is 3.74. The van der Waals surface area contributed by atoms with Crippen molar-refractivity contribution < 1.29 is 23.9 Å². The Labute approximate surface area is 164 Å². The molecule has 0 radical (unpaired) electrons. The van der Waals surface area contributed by atoms with Crippen LogP contribution in [0, 0.1) is 0 Å². The molecule has 6 heteroatoms. The molecule has 2 atom stereocenters. The lowest BCUT2D eigenvalue weighted by atomic mass is 9.96. The number of carbonyl (C=O) groups is 3. The number of hydrogen-bond donors (Lipinski definition) is 1. The van der Waals surface area contributed by atoms with Crippen molar-refractivity contribution in [2.45, 2.75) is 32.3 Å². The summed E-state index contributed by atoms with van der Waals surface area (Å²) in [7, 11) is 0. The molecule has 2 rings (SSSR count). The topological polar surface area (TPSA) is 81.7 Å². The van der Waals surface area contributed by atoms with Crippen LogP contribution in [0.25, 0.3) is 0 Å². The molecule has 28 heavy (non-hydrogen) atoms. The first kappa shape index (κ1) is 21.2. The summed E-state index contributed by atoms with van der Waals surface area (Å²) in [5.74, 6) is -0.352. The van der Waals surface area contributed by atoms with E-state index in [1.54, 1.807) is 24.3 Å². The van der Waals surface area contributed by atoms with E-state index in [0.717, 1.165) is 18.3 Å². The van der Waals surface area contributed by atoms with E-state index in [0.29, 0.717) is 17.9 Å². The standard InChI is InChI=1S/C22H25NO5/c1-3-18(19-7-5-4-6-8-19)13-23-22(26)16(2)28-21(25)15-27-20-11-9-17(14-24)10-12-20/h4-12,14,16,18H,3,13,15H2,1-2H3,(H,23,26)/t16-,18+/m0/s1. The third-order valence-electron chi connectivity index (χ3n) is 4.34. The van der Waals surface area contributed by atoms with Gasteiger partial charge < -0.3 is 14.8 Å². The van der Waals surface area contributed by atoms with E-state index >= 15 is 0 Å². The van der Waals surface area contributed by atoms with Gasteiger partial charge in [0.15, 0.2) is 12.7 Å². The summed E-state index contributed by atoms with van der Waals surface area (Å²) >= 11 is 0. The predicted molar refractivity (Wildman–Crippen MR) is 105 cm³/mol. The monoisotopic (exact) mass is 383 g/mol. The van der Waals surface area contributed by atoms with Crippen molar-refractivity contribution in [3.05, 3.63) is 65.7 Å². The van der Waals surface area contributed by atoms with Gasteiger partial charge in [-0.3, -0.25) is 9.59 Å². The van der Waals surface area contributed by atoms with E-state index in [1.165, 1.54) is 6.92 Å². The number of nitrogens with one attached hydrogen (secondary N) is 1. The summed E-state index contributed by atoms with van der Waals surface area (Å²) in [4.78, 5) is 34.7. The van der Waals surface area contributed by atoms with E-state index in [-0.39, 0.29) is 18.4 Å². The molecule has 0 saturated carbocycles. The molecule has 0 aliphatic heterocycles. The molecule has 0 heterocycles. The Bertz CT molecular complexity index is 773. The van der Waals surface area contributed by atoms with Gasteiger partial charge in [-0.05, 0) is 43.2 Å². The molecule has 0 bridgehead atoms. The van der Waals surface area contributed by atoms with E-state index < -0.39 is 12.1 Å². The number of hydrogen-bond acceptors (Lipinski definition) is 5. The Morgan fingerprint density at radius 2 is 1.75 bits per heavy atom. The number of ether oxygens (including phenoxy) is 2. The fourth-order valence-electron chi connectivity index (χ4n) is 2.66. The van der Waals surface area contributed by atoms with E-state index in [2.05, 4.69) is 12.2 Å². The van der Waals surface area contributed by atoms with Crippen LogP contribution < -0.4 is 10.1 Å². The molecule has 0 spiro atoms. The highest BCUT2D eigenvalue weighted by atomic mass is 16.6. The second-order valence-electron chi connectivity index (χ2n) is 6.37. The van der Waals surface area contributed by atoms with Crippen LogP contribution in [-0.4, -0.2) is 37.4 Å². The first-order valence-corrected chi connectivity index (χ1v) is 9.23. The molecular formula is C22H25NO5. The number of rotatable bonds is 10. The van der Waals surface area contributed by atoms with Crippen LogP contribution in [0.1, 0.15) is 42.1 Å². The predicted octanol–water partition coefficient (Wildman–Crippen LogP) is 3.12. The van der Waals surface area contributed by atoms with Crippen LogP contribution >= 0.6 is 0 Å². The summed E-state index contributed by atoms with van der Waals surface area (Å²) in [6.07, 6.45) is 0.691. The Kier molecular flexibility index (Phi) is 8.21. The number of aldehydes is 1. The number of amides is 1. The minimum absolute atomic E-state index is 0.200. The Hall–Kier alpha value is -3.15. The van der Waals surface area contributed by atoms with Crippen LogP contribution in [-0.2, 0) is 14.3 Å². The molecule has 2 aromatic carbocycles. The van der Waals surface area contributed by atoms with E-state index in [9.17, 15) is 14.4 Å². The van der Waals surface area contributed by atoms with Gasteiger partial charge in [0, 0.05) is 18.0 Å². The SMILES string of the molecule is CC[C@H](CNC(=O)[C@H](C)OC(=O)COc1ccc(C=O)cc1)c1ccccc1. The molecular weight excluding hydrogens is 358 g/mol. The molecule has 6 nitrogen and oxygen atoms in total. The maximum Gasteiger partial charge on any atom is 0.344 e. The van der Waals surface area contributed by atoms with Crippen molar-refractivity contribution in [2.24, 2.45) is 0 Å². The lowest BCUT2D eigenvalue weighted by molar-refractivity contribution is -0.156. The fourth-order valence-corrected chi connectivity index (χ4v) is 2.66. The molecule has 0 aromatic heterocycles. The summed E-state index contributed by atoms with van der Waals surface area (Å²) in [6, 6.07) is 16.3. The van der Waals surface area contributed by atoms with Crippen molar-refractivity contribution in [3.8, 4) is 5.75 Å². The van der Waals surface area contributed by atoms with Gasteiger partial charge in [0.25, 0.3) is 5.91 Å². The van der Waals surface area contributed by atoms with Crippen LogP contribution in [0.3, 0.4) is 0 Å². The van der Waals surface area contributed by atoms with Crippen molar-refractivity contribution in [2.75, 3.05) is 13.2 Å². The molecule has 1 amide bonds. The van der Waals surface area contributed by atoms with Crippen molar-refractivity contribution in [1.29, 1.82) is 0 Å². The van der Waals surface area contributed by atoms with Gasteiger partial charge in [-0.15, -0.1) is 0 Å². The maximum atomic E-state index is 12.2. The highest BCUT2D eigenvalue weighted by Crippen LogP contribution is 2.18.